The largest absolute Gasteiger partial charge is 0.270 e. The summed E-state index contributed by atoms with van der Waals surface area (Å²) in [6, 6.07) is 15.8. The van der Waals surface area contributed by atoms with E-state index in [1.165, 1.54) is 11.3 Å². The lowest BCUT2D eigenvalue weighted by Gasteiger charge is -2.14. The first-order valence-corrected chi connectivity index (χ1v) is 7.04. The van der Waals surface area contributed by atoms with E-state index >= 15 is 0 Å². The predicted octanol–water partition coefficient (Wildman–Crippen LogP) is 3.50. The smallest absolute Gasteiger partial charge is 0.0973 e. The molecule has 19 heavy (non-hydrogen) atoms. The normalized spacial score (nSPS) is 12.7. The van der Waals surface area contributed by atoms with Crippen LogP contribution in [0.3, 0.4) is 0 Å². The van der Waals surface area contributed by atoms with Gasteiger partial charge in [-0.15, -0.1) is 11.3 Å². The molecule has 3 rings (SSSR count). The van der Waals surface area contributed by atoms with Crippen molar-refractivity contribution in [1.29, 1.82) is 0 Å². The van der Waals surface area contributed by atoms with Gasteiger partial charge in [0.25, 0.3) is 0 Å². The highest BCUT2D eigenvalue weighted by Crippen LogP contribution is 2.30. The van der Waals surface area contributed by atoms with E-state index in [0.29, 0.717) is 0 Å². The molecule has 1 atom stereocenters. The Morgan fingerprint density at radius 3 is 2.68 bits per heavy atom. The van der Waals surface area contributed by atoms with Crippen molar-refractivity contribution in [3.8, 4) is 0 Å². The van der Waals surface area contributed by atoms with Gasteiger partial charge in [0.05, 0.1) is 21.6 Å². The molecule has 0 amide bonds. The number of hydrogen-bond acceptors (Lipinski definition) is 4. The van der Waals surface area contributed by atoms with E-state index < -0.39 is 0 Å². The fourth-order valence-corrected chi connectivity index (χ4v) is 3.17. The molecule has 0 aliphatic carbocycles. The van der Waals surface area contributed by atoms with Crippen LogP contribution in [0.4, 0.5) is 0 Å². The number of hydrazine groups is 1. The minimum atomic E-state index is -0.137. The van der Waals surface area contributed by atoms with E-state index in [4.69, 9.17) is 17.4 Å². The number of nitrogens with one attached hydrogen (secondary N) is 1. The Labute approximate surface area is 120 Å². The standard InChI is InChI=1S/C14H12ClN3S/c15-13-8-7-12(19-13)14(18-16)11-6-5-9-3-1-2-4-10(9)17-11/h1-8,14,18H,16H2. The maximum absolute atomic E-state index is 5.97. The number of rotatable bonds is 3. The molecule has 0 saturated heterocycles. The SMILES string of the molecule is NNC(c1ccc2ccccc2n1)c1ccc(Cl)s1. The number of para-hydroxylation sites is 1. The highest BCUT2D eigenvalue weighted by atomic mass is 35.5. The lowest BCUT2D eigenvalue weighted by atomic mass is 10.1. The van der Waals surface area contributed by atoms with Crippen molar-refractivity contribution in [1.82, 2.24) is 10.4 Å². The molecule has 0 aliphatic heterocycles. The summed E-state index contributed by atoms with van der Waals surface area (Å²) in [5.74, 6) is 5.66. The molecular weight excluding hydrogens is 278 g/mol. The third kappa shape index (κ3) is 2.48. The van der Waals surface area contributed by atoms with Gasteiger partial charge in [-0.3, -0.25) is 10.8 Å². The van der Waals surface area contributed by atoms with Crippen molar-refractivity contribution >= 4 is 33.8 Å². The summed E-state index contributed by atoms with van der Waals surface area (Å²) in [7, 11) is 0. The molecule has 0 bridgehead atoms. The van der Waals surface area contributed by atoms with E-state index in [1.54, 1.807) is 0 Å². The summed E-state index contributed by atoms with van der Waals surface area (Å²) < 4.78 is 0.746. The van der Waals surface area contributed by atoms with E-state index in [9.17, 15) is 0 Å². The zero-order chi connectivity index (χ0) is 13.2. The Morgan fingerprint density at radius 1 is 1.11 bits per heavy atom. The molecule has 0 aliphatic rings. The number of thiophene rings is 1. The Bertz CT molecular complexity index is 710. The van der Waals surface area contributed by atoms with Gasteiger partial charge in [0, 0.05) is 10.3 Å². The van der Waals surface area contributed by atoms with E-state index in [1.807, 2.05) is 42.5 Å². The molecule has 0 spiro atoms. The number of fused-ring (bicyclic) bond motifs is 1. The first-order chi connectivity index (χ1) is 9.28. The molecular formula is C14H12ClN3S. The van der Waals surface area contributed by atoms with Gasteiger partial charge in [-0.25, -0.2) is 5.43 Å². The third-order valence-corrected chi connectivity index (χ3v) is 4.26. The molecule has 0 radical (unpaired) electrons. The van der Waals surface area contributed by atoms with Gasteiger partial charge in [-0.2, -0.15) is 0 Å². The van der Waals surface area contributed by atoms with Gasteiger partial charge in [0.2, 0.25) is 0 Å². The number of hydrogen-bond donors (Lipinski definition) is 2. The summed E-state index contributed by atoms with van der Waals surface area (Å²) in [6.45, 7) is 0. The molecule has 2 aromatic heterocycles. The quantitative estimate of drug-likeness (QED) is 0.573. The van der Waals surface area contributed by atoms with E-state index in [-0.39, 0.29) is 6.04 Å². The summed E-state index contributed by atoms with van der Waals surface area (Å²) in [5.41, 5.74) is 4.65. The van der Waals surface area contributed by atoms with Crippen LogP contribution in [-0.4, -0.2) is 4.98 Å². The van der Waals surface area contributed by atoms with Crippen LogP contribution in [0.5, 0.6) is 0 Å². The molecule has 0 fully saturated rings. The third-order valence-electron chi connectivity index (χ3n) is 2.96. The van der Waals surface area contributed by atoms with Crippen molar-refractivity contribution in [2.75, 3.05) is 0 Å². The summed E-state index contributed by atoms with van der Waals surface area (Å²) in [5, 5.41) is 1.12. The molecule has 96 valence electrons. The van der Waals surface area contributed by atoms with Gasteiger partial charge < -0.3 is 0 Å². The Hall–Kier alpha value is -1.46. The molecule has 1 aromatic carbocycles. The molecule has 2 heterocycles. The van der Waals surface area contributed by atoms with Crippen LogP contribution in [0.1, 0.15) is 16.6 Å². The van der Waals surface area contributed by atoms with E-state index in [2.05, 4.69) is 16.5 Å². The van der Waals surface area contributed by atoms with Gasteiger partial charge in [-0.05, 0) is 24.3 Å². The summed E-state index contributed by atoms with van der Waals surface area (Å²) in [6.07, 6.45) is 0. The molecule has 5 heteroatoms. The Kier molecular flexibility index (Phi) is 3.48. The van der Waals surface area contributed by atoms with Crippen LogP contribution in [0, 0.1) is 0 Å². The highest BCUT2D eigenvalue weighted by Gasteiger charge is 2.16. The molecule has 3 aromatic rings. The molecule has 3 N–H and O–H groups in total. The second kappa shape index (κ2) is 5.27. The lowest BCUT2D eigenvalue weighted by molar-refractivity contribution is 0.632. The van der Waals surface area contributed by atoms with Crippen LogP contribution in [0.25, 0.3) is 10.9 Å². The minimum Gasteiger partial charge on any atom is -0.270 e. The second-order valence-electron chi connectivity index (χ2n) is 4.17. The zero-order valence-electron chi connectivity index (χ0n) is 10.0. The van der Waals surface area contributed by atoms with Crippen LogP contribution in [0.2, 0.25) is 4.34 Å². The van der Waals surface area contributed by atoms with Gasteiger partial charge in [0.1, 0.15) is 0 Å². The second-order valence-corrected chi connectivity index (χ2v) is 5.92. The highest BCUT2D eigenvalue weighted by molar-refractivity contribution is 7.16. The van der Waals surface area contributed by atoms with Crippen LogP contribution < -0.4 is 11.3 Å². The van der Waals surface area contributed by atoms with Gasteiger partial charge in [0.15, 0.2) is 0 Å². The summed E-state index contributed by atoms with van der Waals surface area (Å²) in [4.78, 5) is 5.70. The fraction of sp³-hybridized carbons (Fsp3) is 0.0714. The van der Waals surface area contributed by atoms with Crippen LogP contribution >= 0.6 is 22.9 Å². The number of benzene rings is 1. The number of halogens is 1. The lowest BCUT2D eigenvalue weighted by Crippen LogP contribution is -2.28. The van der Waals surface area contributed by atoms with Crippen LogP contribution in [-0.2, 0) is 0 Å². The maximum atomic E-state index is 5.97. The van der Waals surface area contributed by atoms with Crippen molar-refractivity contribution < 1.29 is 0 Å². The van der Waals surface area contributed by atoms with Crippen molar-refractivity contribution in [3.05, 3.63) is 63.4 Å². The monoisotopic (exact) mass is 289 g/mol. The zero-order valence-corrected chi connectivity index (χ0v) is 11.6. The predicted molar refractivity (Wildman–Crippen MR) is 80.2 cm³/mol. The fourth-order valence-electron chi connectivity index (χ4n) is 2.04. The molecule has 1 unspecified atom stereocenters. The summed E-state index contributed by atoms with van der Waals surface area (Å²) >= 11 is 7.48. The van der Waals surface area contributed by atoms with Crippen molar-refractivity contribution in [3.63, 3.8) is 0 Å². The average molecular weight is 290 g/mol. The van der Waals surface area contributed by atoms with Gasteiger partial charge >= 0.3 is 0 Å². The van der Waals surface area contributed by atoms with Crippen LogP contribution in [0.15, 0.2) is 48.5 Å². The first-order valence-electron chi connectivity index (χ1n) is 5.85. The Balaban J connectivity index is 2.06. The number of aromatic nitrogens is 1. The van der Waals surface area contributed by atoms with Crippen molar-refractivity contribution in [2.45, 2.75) is 6.04 Å². The minimum absolute atomic E-state index is 0.137. The average Bonchev–Trinajstić information content (AvgIpc) is 2.86. The molecule has 0 saturated carbocycles. The number of nitrogens with zero attached hydrogens (tertiary/aromatic N) is 1. The van der Waals surface area contributed by atoms with Crippen molar-refractivity contribution in [2.24, 2.45) is 5.84 Å². The molecule has 3 nitrogen and oxygen atoms in total. The first kappa shape index (κ1) is 12.6. The van der Waals surface area contributed by atoms with Gasteiger partial charge in [-0.1, -0.05) is 35.9 Å². The van der Waals surface area contributed by atoms with E-state index in [0.717, 1.165) is 25.8 Å². The Morgan fingerprint density at radius 2 is 1.95 bits per heavy atom. The topological polar surface area (TPSA) is 50.9 Å². The number of nitrogens with two attached hydrogens (primary N) is 1. The number of pyridine rings is 1. The maximum Gasteiger partial charge on any atom is 0.0973 e.